The Morgan fingerprint density at radius 2 is 1.79 bits per heavy atom. The van der Waals surface area contributed by atoms with Gasteiger partial charge in [-0.05, 0) is 90.5 Å². The van der Waals surface area contributed by atoms with Crippen molar-refractivity contribution in [2.24, 2.45) is 7.05 Å². The Kier molecular flexibility index (Phi) is 7.56. The second-order valence-electron chi connectivity index (χ2n) is 11.6. The minimum absolute atomic E-state index is 0.00117. The lowest BCUT2D eigenvalue weighted by molar-refractivity contribution is -0.119. The van der Waals surface area contributed by atoms with Crippen molar-refractivity contribution in [2.75, 3.05) is 34.2 Å². The molecule has 0 atom stereocenters. The number of carbonyl (C=O) groups is 2. The molecule has 1 aliphatic heterocycles. The van der Waals surface area contributed by atoms with E-state index in [9.17, 15) is 9.59 Å². The van der Waals surface area contributed by atoms with Gasteiger partial charge in [0.15, 0.2) is 0 Å². The molecule has 216 valence electrons. The number of benzene rings is 2. The highest BCUT2D eigenvalue weighted by Gasteiger charge is 2.23. The first-order valence-electron chi connectivity index (χ1n) is 14.6. The van der Waals surface area contributed by atoms with Crippen LogP contribution in [0, 0.1) is 0 Å². The summed E-state index contributed by atoms with van der Waals surface area (Å²) in [7, 11) is 7.34. The average molecular weight is 563 g/mol. The minimum atomic E-state index is -0.00117. The van der Waals surface area contributed by atoms with E-state index in [-0.39, 0.29) is 11.8 Å². The number of hydrogen-bond donors (Lipinski definition) is 2. The second-order valence-corrected chi connectivity index (χ2v) is 11.6. The molecule has 0 aliphatic carbocycles. The maximum atomic E-state index is 12.2. The number of likely N-dealkylation sites (N-methyl/N-ethyl adjacent to an activating group) is 1. The Labute approximate surface area is 246 Å². The molecule has 2 amide bonds. The Morgan fingerprint density at radius 1 is 1.02 bits per heavy atom. The van der Waals surface area contributed by atoms with Crippen molar-refractivity contribution in [3.8, 4) is 11.1 Å². The van der Waals surface area contributed by atoms with Gasteiger partial charge in [0.1, 0.15) is 5.65 Å². The molecule has 8 heteroatoms. The van der Waals surface area contributed by atoms with Gasteiger partial charge in [0.2, 0.25) is 5.91 Å². The van der Waals surface area contributed by atoms with Gasteiger partial charge in [0, 0.05) is 74.7 Å². The van der Waals surface area contributed by atoms with E-state index < -0.39 is 0 Å². The standard InChI is InChI=1S/C34H38N6O2/c1-35-32(41)18-26-20-37-31-10-9-25(17-29(26)31)28-11-14-36-33-30(28)19-27(39(33)4)21-40-15-12-23(13-16-40)22-5-7-24(8-6-22)34(42)38(2)3/h5-11,14,17,19-20,23,37H,12-13,15-16,18,21H2,1-4H3,(H,35,41). The van der Waals surface area contributed by atoms with Crippen LogP contribution in [0.15, 0.2) is 67.0 Å². The number of aromatic nitrogens is 3. The lowest BCUT2D eigenvalue weighted by Crippen LogP contribution is -2.33. The van der Waals surface area contributed by atoms with Crippen LogP contribution in [0.1, 0.15) is 45.9 Å². The van der Waals surface area contributed by atoms with Gasteiger partial charge in [-0.15, -0.1) is 0 Å². The number of piperidine rings is 1. The molecule has 2 N–H and O–H groups in total. The third-order valence-corrected chi connectivity index (χ3v) is 8.75. The van der Waals surface area contributed by atoms with Crippen molar-refractivity contribution in [2.45, 2.75) is 31.7 Å². The van der Waals surface area contributed by atoms with Crippen LogP contribution in [-0.2, 0) is 24.8 Å². The number of carbonyl (C=O) groups excluding carboxylic acids is 2. The quantitative estimate of drug-likeness (QED) is 0.289. The maximum absolute atomic E-state index is 12.2. The molecule has 42 heavy (non-hydrogen) atoms. The summed E-state index contributed by atoms with van der Waals surface area (Å²) in [6.07, 6.45) is 6.36. The molecule has 6 rings (SSSR count). The molecule has 1 fully saturated rings. The van der Waals surface area contributed by atoms with E-state index >= 15 is 0 Å². The Hall–Kier alpha value is -4.43. The number of pyridine rings is 1. The van der Waals surface area contributed by atoms with Crippen LogP contribution in [0.2, 0.25) is 0 Å². The molecule has 0 radical (unpaired) electrons. The van der Waals surface area contributed by atoms with Crippen molar-refractivity contribution in [3.63, 3.8) is 0 Å². The van der Waals surface area contributed by atoms with Crippen LogP contribution in [-0.4, -0.2) is 70.4 Å². The zero-order chi connectivity index (χ0) is 29.4. The van der Waals surface area contributed by atoms with Crippen LogP contribution in [0.3, 0.4) is 0 Å². The second kappa shape index (κ2) is 11.4. The maximum Gasteiger partial charge on any atom is 0.253 e. The number of likely N-dealkylation sites (tertiary alicyclic amines) is 1. The van der Waals surface area contributed by atoms with Gasteiger partial charge in [0.05, 0.1) is 6.42 Å². The van der Waals surface area contributed by atoms with Crippen molar-refractivity contribution in [1.82, 2.24) is 29.7 Å². The van der Waals surface area contributed by atoms with Crippen molar-refractivity contribution < 1.29 is 9.59 Å². The summed E-state index contributed by atoms with van der Waals surface area (Å²) < 4.78 is 2.22. The SMILES string of the molecule is CNC(=O)Cc1c[nH]c2ccc(-c3ccnc4c3cc(CN3CCC(c5ccc(C(=O)N(C)C)cc5)CC3)n4C)cc12. The summed E-state index contributed by atoms with van der Waals surface area (Å²) in [5, 5.41) is 4.93. The topological polar surface area (TPSA) is 86.3 Å². The van der Waals surface area contributed by atoms with Gasteiger partial charge in [-0.1, -0.05) is 18.2 Å². The fraction of sp³-hybridized carbons (Fsp3) is 0.324. The summed E-state index contributed by atoms with van der Waals surface area (Å²) >= 11 is 0. The van der Waals surface area contributed by atoms with Gasteiger partial charge in [-0.2, -0.15) is 0 Å². The molecule has 1 saturated heterocycles. The highest BCUT2D eigenvalue weighted by atomic mass is 16.2. The van der Waals surface area contributed by atoms with E-state index in [1.165, 1.54) is 11.3 Å². The summed E-state index contributed by atoms with van der Waals surface area (Å²) in [5.41, 5.74) is 8.56. The van der Waals surface area contributed by atoms with Crippen molar-refractivity contribution in [3.05, 3.63) is 89.4 Å². The number of rotatable bonds is 7. The van der Waals surface area contributed by atoms with Crippen LogP contribution in [0.4, 0.5) is 0 Å². The summed E-state index contributed by atoms with van der Waals surface area (Å²) in [4.78, 5) is 36.5. The number of aromatic amines is 1. The lowest BCUT2D eigenvalue weighted by atomic mass is 9.89. The van der Waals surface area contributed by atoms with Crippen LogP contribution in [0.25, 0.3) is 33.1 Å². The highest BCUT2D eigenvalue weighted by Crippen LogP contribution is 2.34. The number of H-pyrrole nitrogens is 1. The Balaban J connectivity index is 1.19. The first kappa shape index (κ1) is 27.7. The summed E-state index contributed by atoms with van der Waals surface area (Å²) in [6, 6.07) is 18.9. The number of hydrogen-bond acceptors (Lipinski definition) is 4. The molecular formula is C34H38N6O2. The molecule has 2 aromatic carbocycles. The molecule has 5 aromatic rings. The minimum Gasteiger partial charge on any atom is -0.361 e. The molecule has 0 bridgehead atoms. The van der Waals surface area contributed by atoms with E-state index in [2.05, 4.69) is 69.3 Å². The van der Waals surface area contributed by atoms with Crippen molar-refractivity contribution in [1.29, 1.82) is 0 Å². The smallest absolute Gasteiger partial charge is 0.253 e. The summed E-state index contributed by atoms with van der Waals surface area (Å²) in [5.74, 6) is 0.556. The molecule has 1 aliphatic rings. The number of nitrogens with one attached hydrogen (secondary N) is 2. The zero-order valence-electron chi connectivity index (χ0n) is 24.8. The lowest BCUT2D eigenvalue weighted by Gasteiger charge is -2.32. The predicted molar refractivity (Wildman–Crippen MR) is 167 cm³/mol. The first-order chi connectivity index (χ1) is 20.3. The van der Waals surface area contributed by atoms with E-state index in [1.807, 2.05) is 24.5 Å². The fourth-order valence-corrected chi connectivity index (χ4v) is 6.24. The predicted octanol–water partition coefficient (Wildman–Crippen LogP) is 5.09. The van der Waals surface area contributed by atoms with Gasteiger partial charge in [-0.25, -0.2) is 4.98 Å². The molecule has 0 unspecified atom stereocenters. The van der Waals surface area contributed by atoms with E-state index in [0.717, 1.165) is 76.7 Å². The third kappa shape index (κ3) is 5.30. The largest absolute Gasteiger partial charge is 0.361 e. The Bertz CT molecular complexity index is 1760. The van der Waals surface area contributed by atoms with Gasteiger partial charge >= 0.3 is 0 Å². The van der Waals surface area contributed by atoms with Crippen molar-refractivity contribution >= 4 is 33.8 Å². The number of amides is 2. The average Bonchev–Trinajstić information content (AvgIpc) is 3.56. The molecule has 0 saturated carbocycles. The van der Waals surface area contributed by atoms with E-state index in [1.54, 1.807) is 26.0 Å². The van der Waals surface area contributed by atoms with E-state index in [4.69, 9.17) is 4.98 Å². The van der Waals surface area contributed by atoms with Gasteiger partial charge in [-0.3, -0.25) is 14.5 Å². The van der Waals surface area contributed by atoms with Crippen LogP contribution < -0.4 is 5.32 Å². The monoisotopic (exact) mass is 562 g/mol. The first-order valence-corrected chi connectivity index (χ1v) is 14.6. The normalized spacial score (nSPS) is 14.5. The molecular weight excluding hydrogens is 524 g/mol. The molecule has 4 heterocycles. The fourth-order valence-electron chi connectivity index (χ4n) is 6.24. The van der Waals surface area contributed by atoms with Gasteiger partial charge in [0.25, 0.3) is 5.91 Å². The van der Waals surface area contributed by atoms with Crippen LogP contribution >= 0.6 is 0 Å². The van der Waals surface area contributed by atoms with Crippen LogP contribution in [0.5, 0.6) is 0 Å². The third-order valence-electron chi connectivity index (χ3n) is 8.75. The number of fused-ring (bicyclic) bond motifs is 2. The molecule has 0 spiro atoms. The van der Waals surface area contributed by atoms with Gasteiger partial charge < -0.3 is 19.8 Å². The summed E-state index contributed by atoms with van der Waals surface area (Å²) in [6.45, 7) is 2.94. The molecule has 3 aromatic heterocycles. The van der Waals surface area contributed by atoms with E-state index in [0.29, 0.717) is 12.3 Å². The highest BCUT2D eigenvalue weighted by molar-refractivity contribution is 5.98. The molecule has 8 nitrogen and oxygen atoms in total. The zero-order valence-corrected chi connectivity index (χ0v) is 24.8. The number of aryl methyl sites for hydroxylation is 1. The Morgan fingerprint density at radius 3 is 2.50 bits per heavy atom. The number of nitrogens with zero attached hydrogens (tertiary/aromatic N) is 4.